The van der Waals surface area contributed by atoms with E-state index in [0.717, 1.165) is 0 Å². The fourth-order valence-electron chi connectivity index (χ4n) is 2.87. The molecule has 0 amide bonds. The number of allylic oxidation sites excluding steroid dienone is 1. The lowest BCUT2D eigenvalue weighted by Gasteiger charge is -2.44. The highest BCUT2D eigenvalue weighted by Gasteiger charge is 2.49. The molecule has 29 heavy (non-hydrogen) atoms. The monoisotopic (exact) mass is 424 g/mol. The van der Waals surface area contributed by atoms with Crippen LogP contribution in [0.1, 0.15) is 13.8 Å². The van der Waals surface area contributed by atoms with Crippen molar-refractivity contribution in [1.29, 1.82) is 0 Å². The summed E-state index contributed by atoms with van der Waals surface area (Å²) in [6, 6.07) is 0. The molecule has 2 rings (SSSR count). The molecule has 2 saturated heterocycles. The summed E-state index contributed by atoms with van der Waals surface area (Å²) in [6.45, 7) is 1.99. The quantitative estimate of drug-likeness (QED) is 0.162. The minimum Gasteiger partial charge on any atom is -0.459 e. The third-order valence-corrected chi connectivity index (χ3v) is 4.92. The number of rotatable bonds is 6. The van der Waals surface area contributed by atoms with E-state index in [4.69, 9.17) is 18.9 Å². The summed E-state index contributed by atoms with van der Waals surface area (Å²) in [5, 5.41) is 69.0. The third kappa shape index (κ3) is 5.30. The van der Waals surface area contributed by atoms with Crippen molar-refractivity contribution in [3.05, 3.63) is 11.6 Å². The lowest BCUT2D eigenvalue weighted by atomic mass is 9.98. The Hall–Kier alpha value is -1.19. The van der Waals surface area contributed by atoms with Crippen LogP contribution in [0.15, 0.2) is 11.6 Å². The van der Waals surface area contributed by atoms with E-state index in [0.29, 0.717) is 5.57 Å². The van der Waals surface area contributed by atoms with Crippen molar-refractivity contribution in [2.24, 2.45) is 0 Å². The highest BCUT2D eigenvalue weighted by molar-refractivity contribution is 5.87. The van der Waals surface area contributed by atoms with Crippen molar-refractivity contribution in [3.63, 3.8) is 0 Å². The number of hydrogen-bond donors (Lipinski definition) is 7. The smallest absolute Gasteiger partial charge is 0.333 e. The largest absolute Gasteiger partial charge is 0.459 e. The molecule has 2 fully saturated rings. The van der Waals surface area contributed by atoms with Gasteiger partial charge in [-0.25, -0.2) is 4.79 Å². The molecular formula is C17H28O12. The van der Waals surface area contributed by atoms with Crippen LogP contribution in [0.5, 0.6) is 0 Å². The van der Waals surface area contributed by atoms with Gasteiger partial charge in [0.15, 0.2) is 12.6 Å². The van der Waals surface area contributed by atoms with Crippen molar-refractivity contribution < 1.29 is 59.5 Å². The summed E-state index contributed by atoms with van der Waals surface area (Å²) in [5.41, 5.74) is 0.310. The van der Waals surface area contributed by atoms with E-state index in [1.54, 1.807) is 6.92 Å². The Morgan fingerprint density at radius 2 is 1.34 bits per heavy atom. The zero-order valence-corrected chi connectivity index (χ0v) is 15.9. The van der Waals surface area contributed by atoms with E-state index in [1.165, 1.54) is 13.0 Å². The fourth-order valence-corrected chi connectivity index (χ4v) is 2.87. The Balaban J connectivity index is 2.06. The Morgan fingerprint density at radius 3 is 1.83 bits per heavy atom. The van der Waals surface area contributed by atoms with Gasteiger partial charge in [-0.3, -0.25) is 0 Å². The van der Waals surface area contributed by atoms with E-state index in [2.05, 4.69) is 0 Å². The van der Waals surface area contributed by atoms with Gasteiger partial charge in [-0.1, -0.05) is 6.08 Å². The average Bonchev–Trinajstić information content (AvgIpc) is 2.72. The van der Waals surface area contributed by atoms with E-state index < -0.39 is 80.6 Å². The molecule has 168 valence electrons. The van der Waals surface area contributed by atoms with Crippen molar-refractivity contribution in [2.75, 3.05) is 13.2 Å². The number of hydrogen-bond acceptors (Lipinski definition) is 12. The number of esters is 1. The van der Waals surface area contributed by atoms with Gasteiger partial charge in [-0.15, -0.1) is 0 Å². The van der Waals surface area contributed by atoms with Crippen molar-refractivity contribution >= 4 is 5.97 Å². The van der Waals surface area contributed by atoms with Crippen LogP contribution in [-0.4, -0.2) is 116 Å². The molecule has 0 aliphatic carbocycles. The maximum atomic E-state index is 11.7. The van der Waals surface area contributed by atoms with Crippen LogP contribution < -0.4 is 0 Å². The van der Waals surface area contributed by atoms with Crippen LogP contribution in [0, 0.1) is 0 Å². The second-order valence-corrected chi connectivity index (χ2v) is 6.92. The summed E-state index contributed by atoms with van der Waals surface area (Å²) in [6.07, 6.45) is -14.5. The lowest BCUT2D eigenvalue weighted by Crippen LogP contribution is -2.63. The zero-order valence-electron chi connectivity index (χ0n) is 15.9. The Morgan fingerprint density at radius 1 is 0.862 bits per heavy atom. The molecule has 2 heterocycles. The van der Waals surface area contributed by atoms with Crippen LogP contribution in [0.3, 0.4) is 0 Å². The molecule has 2 aliphatic rings. The van der Waals surface area contributed by atoms with Crippen LogP contribution in [0.2, 0.25) is 0 Å². The first-order valence-electron chi connectivity index (χ1n) is 9.08. The molecule has 0 spiro atoms. The predicted molar refractivity (Wildman–Crippen MR) is 91.9 cm³/mol. The van der Waals surface area contributed by atoms with Crippen molar-refractivity contribution in [1.82, 2.24) is 0 Å². The molecule has 12 heteroatoms. The van der Waals surface area contributed by atoms with Crippen LogP contribution in [-0.2, 0) is 23.7 Å². The second kappa shape index (κ2) is 10.2. The molecule has 0 unspecified atom stereocenters. The minimum atomic E-state index is -1.78. The van der Waals surface area contributed by atoms with E-state index >= 15 is 0 Å². The topological polar surface area (TPSA) is 196 Å². The van der Waals surface area contributed by atoms with Gasteiger partial charge in [0, 0.05) is 5.57 Å². The van der Waals surface area contributed by atoms with E-state index in [-0.39, 0.29) is 0 Å². The molecule has 2 aliphatic heterocycles. The van der Waals surface area contributed by atoms with Crippen LogP contribution in [0.4, 0.5) is 0 Å². The molecule has 0 aromatic heterocycles. The molecule has 0 saturated carbocycles. The third-order valence-electron chi connectivity index (χ3n) is 4.92. The Labute approximate surface area is 166 Å². The minimum absolute atomic E-state index is 0.310. The van der Waals surface area contributed by atoms with Crippen LogP contribution >= 0.6 is 0 Å². The summed E-state index contributed by atoms with van der Waals surface area (Å²) >= 11 is 0. The molecule has 0 radical (unpaired) electrons. The molecule has 0 aromatic rings. The molecule has 10 atom stereocenters. The summed E-state index contributed by atoms with van der Waals surface area (Å²) in [4.78, 5) is 11.7. The fraction of sp³-hybridized carbons (Fsp3) is 0.824. The van der Waals surface area contributed by atoms with Gasteiger partial charge < -0.3 is 54.7 Å². The average molecular weight is 424 g/mol. The highest BCUT2D eigenvalue weighted by atomic mass is 16.8. The number of carbonyl (C=O) groups excluding carboxylic acids is 1. The molecule has 12 nitrogen and oxygen atoms in total. The number of aliphatic hydroxyl groups is 7. The highest BCUT2D eigenvalue weighted by Crippen LogP contribution is 2.28. The Bertz CT molecular complexity index is 581. The molecule has 0 bridgehead atoms. The SMILES string of the molecule is C/C=C(\C)C(=O)OC[C@@H]1O[C@H](O[C@@H]2O[C@H](CO)[C@@H](O)[C@@H](O)[C@@H]2O)[C@@H](O)[C@H](O)[C@H]1O. The summed E-state index contributed by atoms with van der Waals surface area (Å²) in [5.74, 6) is -0.671. The summed E-state index contributed by atoms with van der Waals surface area (Å²) < 4.78 is 20.8. The van der Waals surface area contributed by atoms with Gasteiger partial charge in [-0.2, -0.15) is 0 Å². The van der Waals surface area contributed by atoms with Crippen molar-refractivity contribution in [2.45, 2.75) is 75.3 Å². The molecular weight excluding hydrogens is 396 g/mol. The van der Waals surface area contributed by atoms with Gasteiger partial charge in [0.25, 0.3) is 0 Å². The van der Waals surface area contributed by atoms with Gasteiger partial charge in [0.2, 0.25) is 0 Å². The normalized spacial score (nSPS) is 43.8. The molecule has 7 N–H and O–H groups in total. The maximum Gasteiger partial charge on any atom is 0.333 e. The summed E-state index contributed by atoms with van der Waals surface area (Å²) in [7, 11) is 0. The van der Waals surface area contributed by atoms with Gasteiger partial charge in [0.1, 0.15) is 55.4 Å². The maximum absolute atomic E-state index is 11.7. The Kier molecular flexibility index (Phi) is 8.48. The molecule has 0 aromatic carbocycles. The number of carbonyl (C=O) groups is 1. The standard InChI is InChI=1S/C17H28O12/c1-3-6(2)15(25)26-5-8-10(20)12(22)14(24)17(28-8)29-16-13(23)11(21)9(19)7(4-18)27-16/h3,7-14,16-24H,4-5H2,1-2H3/b6-3+/t7-,8+,9-,10+,11-,12-,13+,14+,16+,17-/m1/s1. The van der Waals surface area contributed by atoms with Gasteiger partial charge >= 0.3 is 5.97 Å². The zero-order chi connectivity index (χ0) is 21.9. The first-order chi connectivity index (χ1) is 13.6. The number of ether oxygens (including phenoxy) is 4. The van der Waals surface area contributed by atoms with Gasteiger partial charge in [-0.05, 0) is 13.8 Å². The van der Waals surface area contributed by atoms with E-state index in [9.17, 15) is 40.5 Å². The predicted octanol–water partition coefficient (Wildman–Crippen LogP) is -3.88. The van der Waals surface area contributed by atoms with Crippen molar-refractivity contribution in [3.8, 4) is 0 Å². The van der Waals surface area contributed by atoms with E-state index in [1.807, 2.05) is 0 Å². The van der Waals surface area contributed by atoms with Gasteiger partial charge in [0.05, 0.1) is 6.61 Å². The number of aliphatic hydroxyl groups excluding tert-OH is 7. The first kappa shape index (κ1) is 24.1. The second-order valence-electron chi connectivity index (χ2n) is 6.92. The first-order valence-corrected chi connectivity index (χ1v) is 9.08. The lowest BCUT2D eigenvalue weighted by molar-refractivity contribution is -0.376. The van der Waals surface area contributed by atoms with Crippen LogP contribution in [0.25, 0.3) is 0 Å².